The standard InChI is InChI=1S/C18H13N3O5S/c22-15-7-11-3-1-2-4-13(11)18(24)21(15)8-16(23)25-9-14-19-17(20-26-14)12-5-6-27-10-12/h1-6,10H,7-9H2. The minimum atomic E-state index is -0.730. The molecule has 9 heteroatoms. The number of nitrogens with zero attached hydrogens (tertiary/aromatic N) is 3. The molecule has 0 bridgehead atoms. The van der Waals surface area contributed by atoms with E-state index in [0.29, 0.717) is 17.0 Å². The number of carbonyl (C=O) groups is 3. The van der Waals surface area contributed by atoms with Crippen LogP contribution in [-0.2, 0) is 27.4 Å². The van der Waals surface area contributed by atoms with Crippen molar-refractivity contribution in [2.24, 2.45) is 0 Å². The van der Waals surface area contributed by atoms with Gasteiger partial charge in [-0.1, -0.05) is 23.4 Å². The molecule has 0 spiro atoms. The van der Waals surface area contributed by atoms with E-state index in [0.717, 1.165) is 10.5 Å². The normalized spacial score (nSPS) is 13.6. The van der Waals surface area contributed by atoms with E-state index < -0.39 is 24.3 Å². The van der Waals surface area contributed by atoms with Gasteiger partial charge in [0.25, 0.3) is 11.8 Å². The van der Waals surface area contributed by atoms with Crippen LogP contribution in [0.4, 0.5) is 0 Å². The molecule has 3 aromatic rings. The van der Waals surface area contributed by atoms with Crippen LogP contribution in [0.3, 0.4) is 0 Å². The van der Waals surface area contributed by atoms with Crippen molar-refractivity contribution >= 4 is 29.1 Å². The molecule has 1 aromatic carbocycles. The molecule has 0 aliphatic carbocycles. The fraction of sp³-hybridized carbons (Fsp3) is 0.167. The predicted octanol–water partition coefficient (Wildman–Crippen LogP) is 2.07. The van der Waals surface area contributed by atoms with Gasteiger partial charge >= 0.3 is 5.97 Å². The lowest BCUT2D eigenvalue weighted by molar-refractivity contribution is -0.149. The Hall–Kier alpha value is -3.33. The third-order valence-corrected chi connectivity index (χ3v) is 4.71. The second kappa shape index (κ2) is 7.12. The molecule has 2 aromatic heterocycles. The molecule has 0 fully saturated rings. The Balaban J connectivity index is 1.37. The number of hydrogen-bond donors (Lipinski definition) is 0. The van der Waals surface area contributed by atoms with E-state index in [1.807, 2.05) is 16.8 Å². The van der Waals surface area contributed by atoms with Crippen molar-refractivity contribution in [3.63, 3.8) is 0 Å². The van der Waals surface area contributed by atoms with Crippen LogP contribution < -0.4 is 0 Å². The first-order valence-electron chi connectivity index (χ1n) is 8.05. The lowest BCUT2D eigenvalue weighted by Gasteiger charge is -2.25. The SMILES string of the molecule is O=C(CN1C(=O)Cc2ccccc2C1=O)OCc1nc(-c2ccsc2)no1. The minimum Gasteiger partial charge on any atom is -0.454 e. The van der Waals surface area contributed by atoms with E-state index in [9.17, 15) is 14.4 Å². The Morgan fingerprint density at radius 1 is 1.26 bits per heavy atom. The van der Waals surface area contributed by atoms with Gasteiger partial charge in [-0.2, -0.15) is 16.3 Å². The summed E-state index contributed by atoms with van der Waals surface area (Å²) in [5.74, 6) is -1.14. The predicted molar refractivity (Wildman–Crippen MR) is 93.6 cm³/mol. The first-order valence-corrected chi connectivity index (χ1v) is 8.99. The highest BCUT2D eigenvalue weighted by atomic mass is 32.1. The summed E-state index contributed by atoms with van der Waals surface area (Å²) in [5.41, 5.74) is 1.88. The maximum atomic E-state index is 12.4. The first-order chi connectivity index (χ1) is 13.1. The van der Waals surface area contributed by atoms with E-state index in [4.69, 9.17) is 9.26 Å². The van der Waals surface area contributed by atoms with Crippen LogP contribution >= 0.6 is 11.3 Å². The van der Waals surface area contributed by atoms with Gasteiger partial charge < -0.3 is 9.26 Å². The van der Waals surface area contributed by atoms with Gasteiger partial charge in [-0.05, 0) is 23.1 Å². The van der Waals surface area contributed by atoms with Crippen LogP contribution in [0.25, 0.3) is 11.4 Å². The summed E-state index contributed by atoms with van der Waals surface area (Å²) in [6.07, 6.45) is 0.0723. The number of hydrogen-bond acceptors (Lipinski definition) is 8. The number of carbonyl (C=O) groups excluding carboxylic acids is 3. The molecule has 0 atom stereocenters. The van der Waals surface area contributed by atoms with Crippen LogP contribution in [0.2, 0.25) is 0 Å². The van der Waals surface area contributed by atoms with Gasteiger partial charge in [0.05, 0.1) is 6.42 Å². The maximum absolute atomic E-state index is 12.4. The number of aromatic nitrogens is 2. The third kappa shape index (κ3) is 3.49. The topological polar surface area (TPSA) is 103 Å². The second-order valence-electron chi connectivity index (χ2n) is 5.80. The zero-order valence-corrected chi connectivity index (χ0v) is 14.8. The molecule has 0 saturated carbocycles. The number of fused-ring (bicyclic) bond motifs is 1. The molecule has 0 N–H and O–H groups in total. The molecule has 3 heterocycles. The number of thiophene rings is 1. The summed E-state index contributed by atoms with van der Waals surface area (Å²) in [6.45, 7) is -0.694. The van der Waals surface area contributed by atoms with Crippen LogP contribution in [-0.4, -0.2) is 39.4 Å². The van der Waals surface area contributed by atoms with E-state index in [1.165, 1.54) is 11.3 Å². The average Bonchev–Trinajstić information content (AvgIpc) is 3.35. The van der Waals surface area contributed by atoms with E-state index in [2.05, 4.69) is 10.1 Å². The Morgan fingerprint density at radius 3 is 2.93 bits per heavy atom. The molecular weight excluding hydrogens is 370 g/mol. The van der Waals surface area contributed by atoms with Crippen molar-refractivity contribution in [2.45, 2.75) is 13.0 Å². The highest BCUT2D eigenvalue weighted by Crippen LogP contribution is 2.20. The van der Waals surface area contributed by atoms with Crippen LogP contribution in [0.5, 0.6) is 0 Å². The molecule has 1 aliphatic heterocycles. The number of esters is 1. The molecule has 27 heavy (non-hydrogen) atoms. The smallest absolute Gasteiger partial charge is 0.326 e. The van der Waals surface area contributed by atoms with Gasteiger partial charge in [0.2, 0.25) is 11.7 Å². The number of rotatable bonds is 5. The monoisotopic (exact) mass is 383 g/mol. The lowest BCUT2D eigenvalue weighted by Crippen LogP contribution is -2.45. The van der Waals surface area contributed by atoms with E-state index in [1.54, 1.807) is 24.3 Å². The summed E-state index contributed by atoms with van der Waals surface area (Å²) in [5, 5.41) is 7.56. The van der Waals surface area contributed by atoms with Crippen LogP contribution in [0, 0.1) is 0 Å². The Labute approximate surface area is 157 Å². The van der Waals surface area contributed by atoms with Crippen molar-refractivity contribution < 1.29 is 23.6 Å². The number of benzene rings is 1. The summed E-state index contributed by atoms with van der Waals surface area (Å²) in [4.78, 5) is 41.7. The molecular formula is C18H13N3O5S. The fourth-order valence-electron chi connectivity index (χ4n) is 2.70. The van der Waals surface area contributed by atoms with E-state index >= 15 is 0 Å². The largest absolute Gasteiger partial charge is 0.454 e. The second-order valence-corrected chi connectivity index (χ2v) is 6.58. The average molecular weight is 383 g/mol. The summed E-state index contributed by atoms with van der Waals surface area (Å²) >= 11 is 1.50. The highest BCUT2D eigenvalue weighted by Gasteiger charge is 2.32. The van der Waals surface area contributed by atoms with Crippen molar-refractivity contribution in [3.8, 4) is 11.4 Å². The third-order valence-electron chi connectivity index (χ3n) is 4.03. The van der Waals surface area contributed by atoms with E-state index in [-0.39, 0.29) is 18.9 Å². The molecule has 8 nitrogen and oxygen atoms in total. The highest BCUT2D eigenvalue weighted by molar-refractivity contribution is 7.08. The van der Waals surface area contributed by atoms with Gasteiger partial charge in [-0.25, -0.2) is 0 Å². The zero-order valence-electron chi connectivity index (χ0n) is 14.0. The number of imide groups is 1. The molecule has 0 radical (unpaired) electrons. The van der Waals surface area contributed by atoms with Crippen LogP contribution in [0.1, 0.15) is 21.8 Å². The van der Waals surface area contributed by atoms with Gasteiger partial charge in [0.15, 0.2) is 6.61 Å². The molecule has 0 saturated heterocycles. The minimum absolute atomic E-state index is 0.0723. The lowest BCUT2D eigenvalue weighted by atomic mass is 9.98. The summed E-state index contributed by atoms with van der Waals surface area (Å²) in [6, 6.07) is 8.67. The molecule has 136 valence electrons. The Bertz CT molecular complexity index is 1010. The van der Waals surface area contributed by atoms with Crippen molar-refractivity contribution in [3.05, 3.63) is 58.1 Å². The summed E-state index contributed by atoms with van der Waals surface area (Å²) < 4.78 is 10.1. The molecule has 2 amide bonds. The van der Waals surface area contributed by atoms with Gasteiger partial charge in [-0.15, -0.1) is 0 Å². The van der Waals surface area contributed by atoms with Crippen molar-refractivity contribution in [2.75, 3.05) is 6.54 Å². The number of ether oxygens (including phenoxy) is 1. The van der Waals surface area contributed by atoms with Crippen molar-refractivity contribution in [1.29, 1.82) is 0 Å². The zero-order chi connectivity index (χ0) is 18.8. The quantitative estimate of drug-likeness (QED) is 0.491. The Morgan fingerprint density at radius 2 is 2.11 bits per heavy atom. The van der Waals surface area contributed by atoms with Gasteiger partial charge in [0, 0.05) is 16.5 Å². The fourth-order valence-corrected chi connectivity index (χ4v) is 3.33. The molecule has 1 aliphatic rings. The molecule has 4 rings (SSSR count). The summed E-state index contributed by atoms with van der Waals surface area (Å²) in [7, 11) is 0. The van der Waals surface area contributed by atoms with Gasteiger partial charge in [0.1, 0.15) is 6.54 Å². The van der Waals surface area contributed by atoms with Gasteiger partial charge in [-0.3, -0.25) is 19.3 Å². The molecule has 0 unspecified atom stereocenters. The Kier molecular flexibility index (Phi) is 4.51. The van der Waals surface area contributed by atoms with Crippen molar-refractivity contribution in [1.82, 2.24) is 15.0 Å². The first kappa shape index (κ1) is 17.1. The maximum Gasteiger partial charge on any atom is 0.326 e. The van der Waals surface area contributed by atoms with Crippen LogP contribution in [0.15, 0.2) is 45.6 Å². The number of amides is 2.